The van der Waals surface area contributed by atoms with Crippen molar-refractivity contribution >= 4 is 29.2 Å². The van der Waals surface area contributed by atoms with Crippen molar-refractivity contribution in [2.75, 3.05) is 17.8 Å². The van der Waals surface area contributed by atoms with Gasteiger partial charge in [-0.25, -0.2) is 4.79 Å². The average molecular weight is 270 g/mol. The van der Waals surface area contributed by atoms with Crippen molar-refractivity contribution in [3.8, 4) is 0 Å². The van der Waals surface area contributed by atoms with Crippen LogP contribution in [0.1, 0.15) is 24.2 Å². The van der Waals surface area contributed by atoms with Gasteiger partial charge in [-0.1, -0.05) is 13.8 Å². The SMILES string of the molecule is CC(C)COC(=O)c1ccc(NC(=O)CCl)cc1. The molecule has 5 heteroatoms. The first-order chi connectivity index (χ1) is 8.52. The van der Waals surface area contributed by atoms with Crippen LogP contribution in [0.5, 0.6) is 0 Å². The molecule has 98 valence electrons. The van der Waals surface area contributed by atoms with Crippen LogP contribution in [0.2, 0.25) is 0 Å². The van der Waals surface area contributed by atoms with Crippen molar-refractivity contribution in [2.24, 2.45) is 5.92 Å². The number of alkyl halides is 1. The zero-order chi connectivity index (χ0) is 13.5. The van der Waals surface area contributed by atoms with E-state index in [1.165, 1.54) is 0 Å². The second-order valence-corrected chi connectivity index (χ2v) is 4.52. The summed E-state index contributed by atoms with van der Waals surface area (Å²) in [7, 11) is 0. The Morgan fingerprint density at radius 1 is 1.28 bits per heavy atom. The molecule has 18 heavy (non-hydrogen) atoms. The van der Waals surface area contributed by atoms with Gasteiger partial charge in [-0.2, -0.15) is 0 Å². The Balaban J connectivity index is 2.59. The Labute approximate surface area is 111 Å². The number of ether oxygens (including phenoxy) is 1. The van der Waals surface area contributed by atoms with Gasteiger partial charge in [0.05, 0.1) is 12.2 Å². The van der Waals surface area contributed by atoms with Crippen LogP contribution in [-0.2, 0) is 9.53 Å². The van der Waals surface area contributed by atoms with Crippen LogP contribution in [0, 0.1) is 5.92 Å². The molecule has 1 aromatic rings. The number of amides is 1. The van der Waals surface area contributed by atoms with E-state index >= 15 is 0 Å². The van der Waals surface area contributed by atoms with Gasteiger partial charge >= 0.3 is 5.97 Å². The molecule has 0 saturated heterocycles. The lowest BCUT2D eigenvalue weighted by Gasteiger charge is -2.08. The predicted octanol–water partition coefficient (Wildman–Crippen LogP) is 2.68. The number of carbonyl (C=O) groups is 2. The molecule has 0 fully saturated rings. The lowest BCUT2D eigenvalue weighted by atomic mass is 10.2. The molecule has 1 amide bonds. The zero-order valence-corrected chi connectivity index (χ0v) is 11.2. The van der Waals surface area contributed by atoms with E-state index in [0.717, 1.165) is 0 Å². The van der Waals surface area contributed by atoms with Gasteiger partial charge in [-0.05, 0) is 30.2 Å². The Morgan fingerprint density at radius 2 is 1.89 bits per heavy atom. The predicted molar refractivity (Wildman–Crippen MR) is 70.9 cm³/mol. The summed E-state index contributed by atoms with van der Waals surface area (Å²) in [5, 5.41) is 2.58. The molecule has 1 aromatic carbocycles. The molecular weight excluding hydrogens is 254 g/mol. The molecule has 1 rings (SSSR count). The minimum Gasteiger partial charge on any atom is -0.462 e. The highest BCUT2D eigenvalue weighted by Crippen LogP contribution is 2.11. The Kier molecular flexibility index (Phi) is 5.65. The van der Waals surface area contributed by atoms with Crippen molar-refractivity contribution in [2.45, 2.75) is 13.8 Å². The average Bonchev–Trinajstić information content (AvgIpc) is 2.36. The minimum atomic E-state index is -0.362. The Bertz CT molecular complexity index is 415. The fraction of sp³-hybridized carbons (Fsp3) is 0.385. The molecule has 1 N–H and O–H groups in total. The third-order valence-corrected chi connectivity index (χ3v) is 2.32. The molecule has 0 bridgehead atoms. The minimum absolute atomic E-state index is 0.0990. The van der Waals surface area contributed by atoms with Gasteiger partial charge in [-0.15, -0.1) is 11.6 Å². The molecule has 0 saturated carbocycles. The number of rotatable bonds is 5. The number of nitrogens with one attached hydrogen (secondary N) is 1. The number of carbonyl (C=O) groups excluding carboxylic acids is 2. The molecule has 4 nitrogen and oxygen atoms in total. The van der Waals surface area contributed by atoms with Gasteiger partial charge in [0.2, 0.25) is 5.91 Å². The van der Waals surface area contributed by atoms with Crippen molar-refractivity contribution in [1.29, 1.82) is 0 Å². The molecule has 0 atom stereocenters. The van der Waals surface area contributed by atoms with E-state index in [-0.39, 0.29) is 17.8 Å². The fourth-order valence-electron chi connectivity index (χ4n) is 1.21. The van der Waals surface area contributed by atoms with E-state index in [1.54, 1.807) is 24.3 Å². The molecule has 0 aliphatic carbocycles. The summed E-state index contributed by atoms with van der Waals surface area (Å²) in [5.41, 5.74) is 1.06. The second-order valence-electron chi connectivity index (χ2n) is 4.25. The maximum Gasteiger partial charge on any atom is 0.338 e. The zero-order valence-electron chi connectivity index (χ0n) is 10.4. The standard InChI is InChI=1S/C13H16ClNO3/c1-9(2)8-18-13(17)10-3-5-11(6-4-10)15-12(16)7-14/h3-6,9H,7-8H2,1-2H3,(H,15,16). The number of hydrogen-bond acceptors (Lipinski definition) is 3. The van der Waals surface area contributed by atoms with Gasteiger partial charge < -0.3 is 10.1 Å². The van der Waals surface area contributed by atoms with Crippen molar-refractivity contribution < 1.29 is 14.3 Å². The highest BCUT2D eigenvalue weighted by molar-refractivity contribution is 6.29. The first-order valence-electron chi connectivity index (χ1n) is 5.66. The third kappa shape index (κ3) is 4.75. The van der Waals surface area contributed by atoms with E-state index in [1.807, 2.05) is 13.8 Å². The Morgan fingerprint density at radius 3 is 2.39 bits per heavy atom. The third-order valence-electron chi connectivity index (χ3n) is 2.07. The van der Waals surface area contributed by atoms with Crippen molar-refractivity contribution in [1.82, 2.24) is 0 Å². The molecule has 0 heterocycles. The van der Waals surface area contributed by atoms with Crippen LogP contribution in [0.15, 0.2) is 24.3 Å². The van der Waals surface area contributed by atoms with Crippen LogP contribution < -0.4 is 5.32 Å². The molecule has 0 unspecified atom stereocenters. The van der Waals surface area contributed by atoms with Gasteiger partial charge in [-0.3, -0.25) is 4.79 Å². The van der Waals surface area contributed by atoms with Crippen LogP contribution in [0.25, 0.3) is 0 Å². The summed E-state index contributed by atoms with van der Waals surface area (Å²) in [6.07, 6.45) is 0. The monoisotopic (exact) mass is 269 g/mol. The van der Waals surface area contributed by atoms with Gasteiger partial charge in [0.1, 0.15) is 5.88 Å². The van der Waals surface area contributed by atoms with Crippen molar-refractivity contribution in [3.05, 3.63) is 29.8 Å². The van der Waals surface area contributed by atoms with E-state index in [9.17, 15) is 9.59 Å². The normalized spacial score (nSPS) is 10.2. The Hall–Kier alpha value is -1.55. The molecular formula is C13H16ClNO3. The molecule has 0 aliphatic heterocycles. The maximum atomic E-state index is 11.6. The first kappa shape index (κ1) is 14.5. The molecule has 0 aliphatic rings. The van der Waals surface area contributed by atoms with Gasteiger partial charge in [0.25, 0.3) is 0 Å². The number of halogens is 1. The van der Waals surface area contributed by atoms with E-state index in [4.69, 9.17) is 16.3 Å². The van der Waals surface area contributed by atoms with Crippen LogP contribution in [0.3, 0.4) is 0 Å². The highest BCUT2D eigenvalue weighted by atomic mass is 35.5. The summed E-state index contributed by atoms with van der Waals surface area (Å²) in [5.74, 6) is -0.444. The van der Waals surface area contributed by atoms with Gasteiger partial charge in [0.15, 0.2) is 0 Å². The van der Waals surface area contributed by atoms with E-state index < -0.39 is 0 Å². The topological polar surface area (TPSA) is 55.4 Å². The van der Waals surface area contributed by atoms with E-state index in [2.05, 4.69) is 5.32 Å². The van der Waals surface area contributed by atoms with Gasteiger partial charge in [0, 0.05) is 5.69 Å². The smallest absolute Gasteiger partial charge is 0.338 e. The number of esters is 1. The molecule has 0 radical (unpaired) electrons. The summed E-state index contributed by atoms with van der Waals surface area (Å²) >= 11 is 5.37. The molecule has 0 spiro atoms. The number of anilines is 1. The van der Waals surface area contributed by atoms with Crippen LogP contribution in [0.4, 0.5) is 5.69 Å². The lowest BCUT2D eigenvalue weighted by molar-refractivity contribution is -0.113. The van der Waals surface area contributed by atoms with E-state index in [0.29, 0.717) is 23.8 Å². The first-order valence-corrected chi connectivity index (χ1v) is 6.19. The number of hydrogen-bond donors (Lipinski definition) is 1. The summed E-state index contributed by atoms with van der Waals surface area (Å²) in [6, 6.07) is 6.48. The lowest BCUT2D eigenvalue weighted by Crippen LogP contribution is -2.13. The van der Waals surface area contributed by atoms with Crippen LogP contribution >= 0.6 is 11.6 Å². The fourth-order valence-corrected chi connectivity index (χ4v) is 1.28. The second kappa shape index (κ2) is 7.01. The summed E-state index contributed by atoms with van der Waals surface area (Å²) in [6.45, 7) is 4.33. The quantitative estimate of drug-likeness (QED) is 0.660. The largest absolute Gasteiger partial charge is 0.462 e. The summed E-state index contributed by atoms with van der Waals surface area (Å²) in [4.78, 5) is 22.7. The number of benzene rings is 1. The van der Waals surface area contributed by atoms with Crippen molar-refractivity contribution in [3.63, 3.8) is 0 Å². The molecule has 0 aromatic heterocycles. The maximum absolute atomic E-state index is 11.6. The highest BCUT2D eigenvalue weighted by Gasteiger charge is 2.08. The summed E-state index contributed by atoms with van der Waals surface area (Å²) < 4.78 is 5.08. The van der Waals surface area contributed by atoms with Crippen LogP contribution in [-0.4, -0.2) is 24.4 Å².